The molecule has 0 aliphatic carbocycles. The first-order chi connectivity index (χ1) is 11.9. The van der Waals surface area contributed by atoms with Crippen molar-refractivity contribution >= 4 is 21.7 Å². The maximum Gasteiger partial charge on any atom is 0.263 e. The lowest BCUT2D eigenvalue weighted by Gasteiger charge is -2.07. The van der Waals surface area contributed by atoms with Crippen LogP contribution in [0, 0.1) is 6.92 Å². The molecule has 0 bridgehead atoms. The first-order valence-electron chi connectivity index (χ1n) is 7.31. The van der Waals surface area contributed by atoms with E-state index in [-0.39, 0.29) is 22.8 Å². The summed E-state index contributed by atoms with van der Waals surface area (Å²) in [5, 5.41) is 6.24. The molecular weight excluding hydrogens is 346 g/mol. The molecule has 2 N–H and O–H groups in total. The molecule has 9 heteroatoms. The number of nitrogens with one attached hydrogen (secondary N) is 2. The zero-order chi connectivity index (χ0) is 17.9. The molecule has 0 aliphatic rings. The van der Waals surface area contributed by atoms with Crippen LogP contribution in [-0.4, -0.2) is 19.5 Å². The summed E-state index contributed by atoms with van der Waals surface area (Å²) in [7, 11) is -3.89. The Balaban J connectivity index is 1.74. The van der Waals surface area contributed by atoms with Gasteiger partial charge in [0.2, 0.25) is 0 Å². The summed E-state index contributed by atoms with van der Waals surface area (Å²) in [6, 6.07) is 10.6. The third-order valence-corrected chi connectivity index (χ3v) is 4.63. The van der Waals surface area contributed by atoms with Gasteiger partial charge in [-0.25, -0.2) is 8.42 Å². The molecule has 0 unspecified atom stereocenters. The number of sulfonamides is 1. The molecule has 0 aliphatic heterocycles. The van der Waals surface area contributed by atoms with Crippen molar-refractivity contribution in [3.63, 3.8) is 0 Å². The Kier molecular flexibility index (Phi) is 4.57. The SMILES string of the molecule is Cc1cc(NS(=O)(=O)c2cccc(C(=O)NCc3ccco3)c2)no1. The minimum absolute atomic E-state index is 0.0567. The molecule has 8 nitrogen and oxygen atoms in total. The van der Waals surface area contributed by atoms with E-state index in [4.69, 9.17) is 8.94 Å². The second-order valence-electron chi connectivity index (χ2n) is 5.22. The van der Waals surface area contributed by atoms with E-state index in [9.17, 15) is 13.2 Å². The smallest absolute Gasteiger partial charge is 0.263 e. The summed E-state index contributed by atoms with van der Waals surface area (Å²) >= 11 is 0. The number of carbonyl (C=O) groups is 1. The van der Waals surface area contributed by atoms with Crippen molar-refractivity contribution in [2.24, 2.45) is 0 Å². The maximum absolute atomic E-state index is 12.4. The lowest BCUT2D eigenvalue weighted by Crippen LogP contribution is -2.23. The lowest BCUT2D eigenvalue weighted by molar-refractivity contribution is 0.0948. The number of aryl methyl sites for hydroxylation is 1. The number of anilines is 1. The second-order valence-corrected chi connectivity index (χ2v) is 6.90. The van der Waals surface area contributed by atoms with Gasteiger partial charge in [0.05, 0.1) is 17.7 Å². The molecule has 2 aromatic heterocycles. The highest BCUT2D eigenvalue weighted by Crippen LogP contribution is 2.17. The zero-order valence-corrected chi connectivity index (χ0v) is 14.0. The predicted octanol–water partition coefficient (Wildman–Crippen LogP) is 2.31. The molecule has 1 aromatic carbocycles. The standard InChI is InChI=1S/C16H15N3O5S/c1-11-8-15(18-24-11)19-25(21,22)14-6-2-4-12(9-14)16(20)17-10-13-5-3-7-23-13/h2-9H,10H2,1H3,(H,17,20)(H,18,19). The van der Waals surface area contributed by atoms with Gasteiger partial charge in [-0.15, -0.1) is 0 Å². The van der Waals surface area contributed by atoms with Gasteiger partial charge in [-0.2, -0.15) is 0 Å². The van der Waals surface area contributed by atoms with Gasteiger partial charge in [0.25, 0.3) is 15.9 Å². The Bertz CT molecular complexity index is 977. The average molecular weight is 361 g/mol. The summed E-state index contributed by atoms with van der Waals surface area (Å²) in [5.41, 5.74) is 0.214. The van der Waals surface area contributed by atoms with Crippen molar-refractivity contribution in [3.05, 3.63) is 65.8 Å². The van der Waals surface area contributed by atoms with E-state index in [0.29, 0.717) is 11.5 Å². The number of nitrogens with zero attached hydrogens (tertiary/aromatic N) is 1. The third kappa shape index (κ3) is 4.07. The molecule has 0 atom stereocenters. The van der Waals surface area contributed by atoms with Crippen LogP contribution < -0.4 is 10.0 Å². The Morgan fingerprint density at radius 2 is 2.04 bits per heavy atom. The Hall–Kier alpha value is -3.07. The van der Waals surface area contributed by atoms with Gasteiger partial charge in [-0.1, -0.05) is 11.2 Å². The fourth-order valence-electron chi connectivity index (χ4n) is 2.10. The van der Waals surface area contributed by atoms with Crippen LogP contribution in [0.1, 0.15) is 21.9 Å². The molecular formula is C16H15N3O5S. The van der Waals surface area contributed by atoms with E-state index < -0.39 is 15.9 Å². The van der Waals surface area contributed by atoms with Crippen LogP contribution in [-0.2, 0) is 16.6 Å². The molecule has 0 fully saturated rings. The number of hydrogen-bond donors (Lipinski definition) is 2. The number of benzene rings is 1. The van der Waals surface area contributed by atoms with E-state index in [1.54, 1.807) is 19.1 Å². The van der Waals surface area contributed by atoms with Crippen molar-refractivity contribution in [2.45, 2.75) is 18.4 Å². The molecule has 3 rings (SSSR count). The van der Waals surface area contributed by atoms with Crippen LogP contribution in [0.3, 0.4) is 0 Å². The fraction of sp³-hybridized carbons (Fsp3) is 0.125. The van der Waals surface area contributed by atoms with E-state index in [2.05, 4.69) is 15.2 Å². The Morgan fingerprint density at radius 1 is 1.20 bits per heavy atom. The zero-order valence-electron chi connectivity index (χ0n) is 13.2. The number of amides is 1. The summed E-state index contributed by atoms with van der Waals surface area (Å²) in [4.78, 5) is 12.1. The normalized spacial score (nSPS) is 11.2. The summed E-state index contributed by atoms with van der Waals surface area (Å²) < 4.78 is 37.0. The van der Waals surface area contributed by atoms with Crippen LogP contribution in [0.25, 0.3) is 0 Å². The molecule has 3 aromatic rings. The quantitative estimate of drug-likeness (QED) is 0.696. The largest absolute Gasteiger partial charge is 0.467 e. The van der Waals surface area contributed by atoms with Crippen molar-refractivity contribution in [2.75, 3.05) is 4.72 Å². The van der Waals surface area contributed by atoms with Gasteiger partial charge >= 0.3 is 0 Å². The number of carbonyl (C=O) groups excluding carboxylic acids is 1. The van der Waals surface area contributed by atoms with Gasteiger partial charge < -0.3 is 14.3 Å². The van der Waals surface area contributed by atoms with E-state index in [1.807, 2.05) is 0 Å². The predicted molar refractivity (Wildman–Crippen MR) is 88.4 cm³/mol. The highest BCUT2D eigenvalue weighted by atomic mass is 32.2. The van der Waals surface area contributed by atoms with Crippen LogP contribution in [0.2, 0.25) is 0 Å². The Labute approximate surface area is 143 Å². The van der Waals surface area contributed by atoms with Crippen LogP contribution >= 0.6 is 0 Å². The fourth-order valence-corrected chi connectivity index (χ4v) is 3.13. The lowest BCUT2D eigenvalue weighted by atomic mass is 10.2. The van der Waals surface area contributed by atoms with E-state index in [1.165, 1.54) is 36.6 Å². The first-order valence-corrected chi connectivity index (χ1v) is 8.79. The van der Waals surface area contributed by atoms with Crippen molar-refractivity contribution < 1.29 is 22.2 Å². The number of furan rings is 1. The molecule has 0 saturated carbocycles. The number of rotatable bonds is 6. The van der Waals surface area contributed by atoms with E-state index in [0.717, 1.165) is 0 Å². The Morgan fingerprint density at radius 3 is 2.72 bits per heavy atom. The van der Waals surface area contributed by atoms with Crippen LogP contribution in [0.4, 0.5) is 5.82 Å². The first kappa shape index (κ1) is 16.8. The minimum Gasteiger partial charge on any atom is -0.467 e. The summed E-state index contributed by atoms with van der Waals surface area (Å²) in [6.07, 6.45) is 1.51. The number of hydrogen-bond acceptors (Lipinski definition) is 6. The monoisotopic (exact) mass is 361 g/mol. The highest BCUT2D eigenvalue weighted by Gasteiger charge is 2.18. The highest BCUT2D eigenvalue weighted by molar-refractivity contribution is 7.92. The molecule has 2 heterocycles. The summed E-state index contributed by atoms with van der Waals surface area (Å²) in [5.74, 6) is 0.736. The van der Waals surface area contributed by atoms with Crippen molar-refractivity contribution in [1.82, 2.24) is 10.5 Å². The van der Waals surface area contributed by atoms with Gasteiger partial charge in [0.1, 0.15) is 11.5 Å². The molecule has 0 radical (unpaired) electrons. The minimum atomic E-state index is -3.89. The third-order valence-electron chi connectivity index (χ3n) is 3.28. The molecule has 0 saturated heterocycles. The topological polar surface area (TPSA) is 114 Å². The molecule has 1 amide bonds. The molecule has 130 valence electrons. The maximum atomic E-state index is 12.4. The van der Waals surface area contributed by atoms with Crippen molar-refractivity contribution in [3.8, 4) is 0 Å². The van der Waals surface area contributed by atoms with Gasteiger partial charge in [0.15, 0.2) is 5.82 Å². The van der Waals surface area contributed by atoms with Crippen LogP contribution in [0.15, 0.2) is 62.6 Å². The second kappa shape index (κ2) is 6.81. The van der Waals surface area contributed by atoms with Crippen molar-refractivity contribution in [1.29, 1.82) is 0 Å². The average Bonchev–Trinajstić information content (AvgIpc) is 3.24. The van der Waals surface area contributed by atoms with Crippen LogP contribution in [0.5, 0.6) is 0 Å². The molecule has 0 spiro atoms. The summed E-state index contributed by atoms with van der Waals surface area (Å²) in [6.45, 7) is 1.86. The number of aromatic nitrogens is 1. The van der Waals surface area contributed by atoms with E-state index >= 15 is 0 Å². The van der Waals surface area contributed by atoms with Gasteiger partial charge in [0, 0.05) is 11.6 Å². The molecule has 25 heavy (non-hydrogen) atoms. The van der Waals surface area contributed by atoms with Gasteiger partial charge in [-0.05, 0) is 37.3 Å². The van der Waals surface area contributed by atoms with Gasteiger partial charge in [-0.3, -0.25) is 9.52 Å².